The molecule has 0 bridgehead atoms. The molecule has 1 saturated carbocycles. The summed E-state index contributed by atoms with van der Waals surface area (Å²) in [5, 5.41) is 7.53. The van der Waals surface area contributed by atoms with E-state index in [1.54, 1.807) is 0 Å². The van der Waals surface area contributed by atoms with Crippen molar-refractivity contribution in [3.05, 3.63) is 35.7 Å². The van der Waals surface area contributed by atoms with Crippen LogP contribution in [0.3, 0.4) is 0 Å². The molecule has 112 valence electrons. The Morgan fingerprint density at radius 3 is 2.43 bits per heavy atom. The molecule has 0 spiro atoms. The summed E-state index contributed by atoms with van der Waals surface area (Å²) in [7, 11) is 4.20. The molecule has 4 heteroatoms. The summed E-state index contributed by atoms with van der Waals surface area (Å²) in [4.78, 5) is 6.90. The lowest BCUT2D eigenvalue weighted by Crippen LogP contribution is -2.16. The maximum atomic E-state index is 4.70. The molecule has 1 aliphatic rings. The zero-order valence-corrected chi connectivity index (χ0v) is 13.1. The van der Waals surface area contributed by atoms with Gasteiger partial charge in [0.15, 0.2) is 5.82 Å². The van der Waals surface area contributed by atoms with E-state index in [4.69, 9.17) is 4.98 Å². The SMILES string of the molecule is CC(c1ccc(-c2n[nH]c(C3CCCC3)n2)cc1)N(C)C. The molecule has 1 atom stereocenters. The van der Waals surface area contributed by atoms with Crippen LogP contribution in [0.1, 0.15) is 56.0 Å². The number of rotatable bonds is 4. The predicted molar refractivity (Wildman–Crippen MR) is 85.1 cm³/mol. The lowest BCUT2D eigenvalue weighted by molar-refractivity contribution is 0.321. The van der Waals surface area contributed by atoms with E-state index in [2.05, 4.69) is 60.4 Å². The van der Waals surface area contributed by atoms with Gasteiger partial charge in [0.2, 0.25) is 0 Å². The lowest BCUT2D eigenvalue weighted by Gasteiger charge is -2.20. The Bertz CT molecular complexity index is 579. The number of aromatic amines is 1. The van der Waals surface area contributed by atoms with Crippen molar-refractivity contribution in [2.24, 2.45) is 0 Å². The molecule has 21 heavy (non-hydrogen) atoms. The Kier molecular flexibility index (Phi) is 4.06. The number of hydrogen-bond acceptors (Lipinski definition) is 3. The number of nitrogens with one attached hydrogen (secondary N) is 1. The first-order chi connectivity index (χ1) is 10.1. The fraction of sp³-hybridized carbons (Fsp3) is 0.529. The highest BCUT2D eigenvalue weighted by Gasteiger charge is 2.20. The van der Waals surface area contributed by atoms with Gasteiger partial charge in [-0.1, -0.05) is 37.1 Å². The lowest BCUT2D eigenvalue weighted by atomic mass is 10.1. The Balaban J connectivity index is 1.77. The van der Waals surface area contributed by atoms with Crippen molar-refractivity contribution in [2.45, 2.75) is 44.6 Å². The monoisotopic (exact) mass is 284 g/mol. The summed E-state index contributed by atoms with van der Waals surface area (Å²) < 4.78 is 0. The van der Waals surface area contributed by atoms with Crippen molar-refractivity contribution in [1.29, 1.82) is 0 Å². The fourth-order valence-electron chi connectivity index (χ4n) is 2.99. The van der Waals surface area contributed by atoms with E-state index in [9.17, 15) is 0 Å². The van der Waals surface area contributed by atoms with Gasteiger partial charge in [-0.25, -0.2) is 4.98 Å². The minimum absolute atomic E-state index is 0.417. The summed E-state index contributed by atoms with van der Waals surface area (Å²) in [5.74, 6) is 2.47. The molecule has 0 saturated heterocycles. The van der Waals surface area contributed by atoms with Crippen LogP contribution in [0.4, 0.5) is 0 Å². The third-order valence-corrected chi connectivity index (χ3v) is 4.67. The third kappa shape index (κ3) is 3.00. The van der Waals surface area contributed by atoms with Crippen LogP contribution in [0.25, 0.3) is 11.4 Å². The molecular weight excluding hydrogens is 260 g/mol. The van der Waals surface area contributed by atoms with Gasteiger partial charge >= 0.3 is 0 Å². The van der Waals surface area contributed by atoms with Crippen molar-refractivity contribution in [2.75, 3.05) is 14.1 Å². The highest BCUT2D eigenvalue weighted by Crippen LogP contribution is 2.32. The molecule has 1 heterocycles. The fourth-order valence-corrected chi connectivity index (χ4v) is 2.99. The van der Waals surface area contributed by atoms with Crippen LogP contribution in [0, 0.1) is 0 Å². The second-order valence-corrected chi connectivity index (χ2v) is 6.29. The summed E-state index contributed by atoms with van der Waals surface area (Å²) in [6.45, 7) is 2.21. The molecule has 1 N–H and O–H groups in total. The van der Waals surface area contributed by atoms with Crippen molar-refractivity contribution < 1.29 is 0 Å². The van der Waals surface area contributed by atoms with Crippen LogP contribution in [0.5, 0.6) is 0 Å². The first kappa shape index (κ1) is 14.3. The molecule has 3 rings (SSSR count). The molecule has 1 fully saturated rings. The molecule has 0 amide bonds. The minimum Gasteiger partial charge on any atom is -0.303 e. The van der Waals surface area contributed by atoms with E-state index >= 15 is 0 Å². The molecule has 0 radical (unpaired) electrons. The second-order valence-electron chi connectivity index (χ2n) is 6.29. The topological polar surface area (TPSA) is 44.8 Å². The molecule has 1 unspecified atom stereocenters. The van der Waals surface area contributed by atoms with Crippen LogP contribution in [-0.4, -0.2) is 34.2 Å². The van der Waals surface area contributed by atoms with E-state index in [0.717, 1.165) is 17.2 Å². The van der Waals surface area contributed by atoms with E-state index in [1.807, 2.05) is 0 Å². The van der Waals surface area contributed by atoms with Gasteiger partial charge in [0.1, 0.15) is 5.82 Å². The van der Waals surface area contributed by atoms with Crippen LogP contribution < -0.4 is 0 Å². The number of benzene rings is 1. The average molecular weight is 284 g/mol. The maximum absolute atomic E-state index is 4.70. The van der Waals surface area contributed by atoms with Gasteiger partial charge in [-0.15, -0.1) is 0 Å². The number of aromatic nitrogens is 3. The largest absolute Gasteiger partial charge is 0.303 e. The molecule has 0 aliphatic heterocycles. The van der Waals surface area contributed by atoms with Gasteiger partial charge in [0.05, 0.1) is 0 Å². The quantitative estimate of drug-likeness (QED) is 0.930. The van der Waals surface area contributed by atoms with Gasteiger partial charge in [-0.3, -0.25) is 5.10 Å². The molecule has 1 aromatic carbocycles. The highest BCUT2D eigenvalue weighted by atomic mass is 15.2. The van der Waals surface area contributed by atoms with Gasteiger partial charge in [0, 0.05) is 17.5 Å². The zero-order valence-electron chi connectivity index (χ0n) is 13.1. The highest BCUT2D eigenvalue weighted by molar-refractivity contribution is 5.55. The number of hydrogen-bond donors (Lipinski definition) is 1. The summed E-state index contributed by atoms with van der Waals surface area (Å²) >= 11 is 0. The molecular formula is C17H24N4. The zero-order chi connectivity index (χ0) is 14.8. The number of H-pyrrole nitrogens is 1. The van der Waals surface area contributed by atoms with Crippen LogP contribution >= 0.6 is 0 Å². The standard InChI is InChI=1S/C17H24N4/c1-12(21(2)3)13-8-10-15(11-9-13)17-18-16(19-20-17)14-6-4-5-7-14/h8-12,14H,4-7H2,1-3H3,(H,18,19,20). The van der Waals surface area contributed by atoms with Gasteiger partial charge in [-0.05, 0) is 39.4 Å². The first-order valence-electron chi connectivity index (χ1n) is 7.84. The molecule has 1 aromatic heterocycles. The van der Waals surface area contributed by atoms with Gasteiger partial charge < -0.3 is 4.90 Å². The molecule has 1 aliphatic carbocycles. The number of nitrogens with zero attached hydrogens (tertiary/aromatic N) is 3. The first-order valence-corrected chi connectivity index (χ1v) is 7.84. The predicted octanol–water partition coefficient (Wildman–Crippen LogP) is 3.75. The van der Waals surface area contributed by atoms with E-state index in [0.29, 0.717) is 12.0 Å². The average Bonchev–Trinajstić information content (AvgIpc) is 3.17. The van der Waals surface area contributed by atoms with Crippen LogP contribution in [0.2, 0.25) is 0 Å². The maximum Gasteiger partial charge on any atom is 0.181 e. The van der Waals surface area contributed by atoms with E-state index in [-0.39, 0.29) is 0 Å². The summed E-state index contributed by atoms with van der Waals surface area (Å²) in [6, 6.07) is 9.01. The Morgan fingerprint density at radius 2 is 1.81 bits per heavy atom. The summed E-state index contributed by atoms with van der Waals surface area (Å²) in [6.07, 6.45) is 5.12. The Hall–Kier alpha value is -1.68. The Morgan fingerprint density at radius 1 is 1.14 bits per heavy atom. The van der Waals surface area contributed by atoms with E-state index in [1.165, 1.54) is 31.2 Å². The van der Waals surface area contributed by atoms with Crippen molar-refractivity contribution in [1.82, 2.24) is 20.1 Å². The van der Waals surface area contributed by atoms with Crippen LogP contribution in [-0.2, 0) is 0 Å². The van der Waals surface area contributed by atoms with Crippen molar-refractivity contribution in [3.63, 3.8) is 0 Å². The van der Waals surface area contributed by atoms with Crippen molar-refractivity contribution in [3.8, 4) is 11.4 Å². The summed E-state index contributed by atoms with van der Waals surface area (Å²) in [5.41, 5.74) is 2.40. The Labute approximate surface area is 126 Å². The van der Waals surface area contributed by atoms with Gasteiger partial charge in [-0.2, -0.15) is 5.10 Å². The normalized spacial score (nSPS) is 17.5. The van der Waals surface area contributed by atoms with E-state index < -0.39 is 0 Å². The van der Waals surface area contributed by atoms with Crippen molar-refractivity contribution >= 4 is 0 Å². The van der Waals surface area contributed by atoms with Crippen LogP contribution in [0.15, 0.2) is 24.3 Å². The minimum atomic E-state index is 0.417. The second kappa shape index (κ2) is 5.98. The third-order valence-electron chi connectivity index (χ3n) is 4.67. The molecule has 4 nitrogen and oxygen atoms in total. The molecule has 2 aromatic rings. The smallest absolute Gasteiger partial charge is 0.181 e. The van der Waals surface area contributed by atoms with Gasteiger partial charge in [0.25, 0.3) is 0 Å².